The SMILES string of the molecule is CCCCc1ccc(N2C(=O)C[C@H](N(C)CC(=O)Nc3ccccc3Cl)C2=O)cc1. The minimum Gasteiger partial charge on any atom is -0.324 e. The molecule has 1 atom stereocenters. The molecule has 7 heteroatoms. The molecule has 1 aliphatic rings. The number of hydrogen-bond acceptors (Lipinski definition) is 4. The average molecular weight is 428 g/mol. The molecule has 30 heavy (non-hydrogen) atoms. The Hall–Kier alpha value is -2.70. The van der Waals surface area contributed by atoms with Gasteiger partial charge in [-0.3, -0.25) is 19.3 Å². The molecule has 1 fully saturated rings. The van der Waals surface area contributed by atoms with E-state index >= 15 is 0 Å². The maximum Gasteiger partial charge on any atom is 0.251 e. The van der Waals surface area contributed by atoms with E-state index in [0.717, 1.165) is 19.3 Å². The summed E-state index contributed by atoms with van der Waals surface area (Å²) in [5.41, 5.74) is 2.27. The second-order valence-electron chi connectivity index (χ2n) is 7.50. The first-order valence-corrected chi connectivity index (χ1v) is 10.5. The number of nitrogens with zero attached hydrogens (tertiary/aromatic N) is 2. The third-order valence-corrected chi connectivity index (χ3v) is 5.54. The number of halogens is 1. The summed E-state index contributed by atoms with van der Waals surface area (Å²) in [6, 6.07) is 13.8. The molecule has 0 unspecified atom stereocenters. The smallest absolute Gasteiger partial charge is 0.251 e. The molecule has 158 valence electrons. The van der Waals surface area contributed by atoms with Crippen LogP contribution in [0, 0.1) is 0 Å². The van der Waals surface area contributed by atoms with Crippen molar-refractivity contribution in [3.63, 3.8) is 0 Å². The second-order valence-corrected chi connectivity index (χ2v) is 7.91. The molecule has 1 heterocycles. The average Bonchev–Trinajstić information content (AvgIpc) is 3.03. The molecule has 2 aromatic rings. The van der Waals surface area contributed by atoms with Gasteiger partial charge in [0.05, 0.1) is 35.4 Å². The number of amides is 3. The van der Waals surface area contributed by atoms with Crippen molar-refractivity contribution in [3.8, 4) is 0 Å². The zero-order chi connectivity index (χ0) is 21.7. The van der Waals surface area contributed by atoms with Crippen LogP contribution in [0.4, 0.5) is 11.4 Å². The number of benzene rings is 2. The number of imide groups is 1. The van der Waals surface area contributed by atoms with E-state index < -0.39 is 6.04 Å². The van der Waals surface area contributed by atoms with Gasteiger partial charge in [-0.25, -0.2) is 4.90 Å². The molecule has 6 nitrogen and oxygen atoms in total. The molecule has 3 rings (SSSR count). The second kappa shape index (κ2) is 9.87. The Bertz CT molecular complexity index is 930. The number of para-hydroxylation sites is 1. The monoisotopic (exact) mass is 427 g/mol. The highest BCUT2D eigenvalue weighted by Gasteiger charge is 2.42. The number of nitrogens with one attached hydrogen (secondary N) is 1. The minimum absolute atomic E-state index is 0.0291. The molecule has 0 aromatic heterocycles. The van der Waals surface area contributed by atoms with Gasteiger partial charge in [0.1, 0.15) is 0 Å². The Kier molecular flexibility index (Phi) is 7.24. The predicted octanol–water partition coefficient (Wildman–Crippen LogP) is 3.89. The molecule has 0 aliphatic carbocycles. The summed E-state index contributed by atoms with van der Waals surface area (Å²) in [7, 11) is 1.67. The molecular weight excluding hydrogens is 402 g/mol. The van der Waals surface area contributed by atoms with E-state index in [2.05, 4.69) is 12.2 Å². The largest absolute Gasteiger partial charge is 0.324 e. The van der Waals surface area contributed by atoms with Crippen LogP contribution in [-0.4, -0.2) is 42.3 Å². The summed E-state index contributed by atoms with van der Waals surface area (Å²) in [6.45, 7) is 2.11. The van der Waals surface area contributed by atoms with Gasteiger partial charge in [0.15, 0.2) is 0 Å². The molecule has 1 saturated heterocycles. The third kappa shape index (κ3) is 5.07. The van der Waals surface area contributed by atoms with Gasteiger partial charge >= 0.3 is 0 Å². The lowest BCUT2D eigenvalue weighted by molar-refractivity contribution is -0.123. The molecule has 0 spiro atoms. The fourth-order valence-corrected chi connectivity index (χ4v) is 3.70. The van der Waals surface area contributed by atoms with Crippen molar-refractivity contribution < 1.29 is 14.4 Å². The van der Waals surface area contributed by atoms with Crippen LogP contribution in [0.2, 0.25) is 5.02 Å². The van der Waals surface area contributed by atoms with Gasteiger partial charge in [0.2, 0.25) is 11.8 Å². The Morgan fingerprint density at radius 1 is 1.17 bits per heavy atom. The van der Waals surface area contributed by atoms with E-state index in [-0.39, 0.29) is 30.7 Å². The van der Waals surface area contributed by atoms with Gasteiger partial charge < -0.3 is 5.32 Å². The van der Waals surface area contributed by atoms with Crippen LogP contribution in [0.15, 0.2) is 48.5 Å². The van der Waals surface area contributed by atoms with Crippen LogP contribution in [0.1, 0.15) is 31.7 Å². The first-order chi connectivity index (χ1) is 14.4. The van der Waals surface area contributed by atoms with Crippen LogP contribution in [0.25, 0.3) is 0 Å². The van der Waals surface area contributed by atoms with Gasteiger partial charge in [-0.1, -0.05) is 49.2 Å². The van der Waals surface area contributed by atoms with Crippen LogP contribution in [0.3, 0.4) is 0 Å². The van der Waals surface area contributed by atoms with Gasteiger partial charge in [0, 0.05) is 0 Å². The summed E-state index contributed by atoms with van der Waals surface area (Å²) in [5.74, 6) is -0.872. The fourth-order valence-electron chi connectivity index (χ4n) is 3.51. The van der Waals surface area contributed by atoms with Crippen molar-refractivity contribution in [2.75, 3.05) is 23.8 Å². The summed E-state index contributed by atoms with van der Waals surface area (Å²) >= 11 is 6.07. The Morgan fingerprint density at radius 3 is 2.53 bits per heavy atom. The number of unbranched alkanes of at least 4 members (excludes halogenated alkanes) is 1. The minimum atomic E-state index is -0.672. The van der Waals surface area contributed by atoms with Crippen molar-refractivity contribution in [2.24, 2.45) is 0 Å². The fraction of sp³-hybridized carbons (Fsp3) is 0.348. The maximum atomic E-state index is 12.9. The van der Waals surface area contributed by atoms with Gasteiger partial charge in [0.25, 0.3) is 5.91 Å². The zero-order valence-electron chi connectivity index (χ0n) is 17.2. The van der Waals surface area contributed by atoms with Gasteiger partial charge in [-0.05, 0) is 49.7 Å². The molecule has 0 bridgehead atoms. The molecule has 2 aromatic carbocycles. The van der Waals surface area contributed by atoms with Gasteiger partial charge in [-0.15, -0.1) is 0 Å². The predicted molar refractivity (Wildman–Crippen MR) is 119 cm³/mol. The molecular formula is C23H26ClN3O3. The first-order valence-electron chi connectivity index (χ1n) is 10.1. The number of carbonyl (C=O) groups is 3. The van der Waals surface area contributed by atoms with Crippen LogP contribution < -0.4 is 10.2 Å². The number of hydrogen-bond donors (Lipinski definition) is 1. The van der Waals surface area contributed by atoms with Crippen LogP contribution in [-0.2, 0) is 20.8 Å². The normalized spacial score (nSPS) is 16.4. The van der Waals surface area contributed by atoms with Crippen molar-refractivity contribution in [3.05, 3.63) is 59.1 Å². The molecule has 1 aliphatic heterocycles. The Labute approximate surface area is 181 Å². The summed E-state index contributed by atoms with van der Waals surface area (Å²) in [6.07, 6.45) is 3.24. The lowest BCUT2D eigenvalue weighted by atomic mass is 10.1. The van der Waals surface area contributed by atoms with Crippen molar-refractivity contribution in [1.29, 1.82) is 0 Å². The van der Waals surface area contributed by atoms with Gasteiger partial charge in [-0.2, -0.15) is 0 Å². The highest BCUT2D eigenvalue weighted by molar-refractivity contribution is 6.33. The number of likely N-dealkylation sites (N-methyl/N-ethyl adjacent to an activating group) is 1. The Balaban J connectivity index is 1.63. The molecule has 0 radical (unpaired) electrons. The van der Waals surface area contributed by atoms with Crippen LogP contribution >= 0.6 is 11.6 Å². The lowest BCUT2D eigenvalue weighted by Crippen LogP contribution is -2.43. The highest BCUT2D eigenvalue weighted by Crippen LogP contribution is 2.26. The number of aryl methyl sites for hydroxylation is 1. The summed E-state index contributed by atoms with van der Waals surface area (Å²) < 4.78 is 0. The van der Waals surface area contributed by atoms with E-state index in [0.29, 0.717) is 16.4 Å². The standard InChI is InChI=1S/C23H26ClN3O3/c1-3-4-7-16-10-12-17(13-11-16)27-22(29)14-20(23(27)30)26(2)15-21(28)25-19-9-6-5-8-18(19)24/h5-6,8-13,20H,3-4,7,14-15H2,1-2H3,(H,25,28)/t20-/m0/s1. The van der Waals surface area contributed by atoms with Crippen molar-refractivity contribution >= 4 is 40.7 Å². The summed E-state index contributed by atoms with van der Waals surface area (Å²) in [4.78, 5) is 40.7. The topological polar surface area (TPSA) is 69.7 Å². The maximum absolute atomic E-state index is 12.9. The number of rotatable bonds is 8. The van der Waals surface area contributed by atoms with E-state index in [4.69, 9.17) is 11.6 Å². The van der Waals surface area contributed by atoms with E-state index in [1.54, 1.807) is 36.2 Å². The van der Waals surface area contributed by atoms with E-state index in [1.807, 2.05) is 24.3 Å². The molecule has 0 saturated carbocycles. The zero-order valence-corrected chi connectivity index (χ0v) is 18.0. The van der Waals surface area contributed by atoms with E-state index in [9.17, 15) is 14.4 Å². The van der Waals surface area contributed by atoms with Crippen molar-refractivity contribution in [2.45, 2.75) is 38.6 Å². The Morgan fingerprint density at radius 2 is 1.87 bits per heavy atom. The molecule has 1 N–H and O–H groups in total. The quantitative estimate of drug-likeness (QED) is 0.649. The third-order valence-electron chi connectivity index (χ3n) is 5.21. The lowest BCUT2D eigenvalue weighted by Gasteiger charge is -2.22. The number of carbonyl (C=O) groups excluding carboxylic acids is 3. The molecule has 3 amide bonds. The summed E-state index contributed by atoms with van der Waals surface area (Å²) in [5, 5.41) is 3.17. The number of anilines is 2. The highest BCUT2D eigenvalue weighted by atomic mass is 35.5. The first kappa shape index (κ1) is 22.0. The van der Waals surface area contributed by atoms with Crippen molar-refractivity contribution in [1.82, 2.24) is 4.90 Å². The van der Waals surface area contributed by atoms with Crippen LogP contribution in [0.5, 0.6) is 0 Å². The van der Waals surface area contributed by atoms with E-state index in [1.165, 1.54) is 10.5 Å².